The lowest BCUT2D eigenvalue weighted by Crippen LogP contribution is -2.51. The van der Waals surface area contributed by atoms with E-state index in [2.05, 4.69) is 4.90 Å². The van der Waals surface area contributed by atoms with Gasteiger partial charge in [-0.25, -0.2) is 0 Å². The van der Waals surface area contributed by atoms with E-state index in [0.29, 0.717) is 32.6 Å². The van der Waals surface area contributed by atoms with Gasteiger partial charge in [0.2, 0.25) is 11.8 Å². The average molecular weight is 331 g/mol. The summed E-state index contributed by atoms with van der Waals surface area (Å²) in [6, 6.07) is 9.64. The smallest absolute Gasteiger partial charge is 0.228 e. The molecule has 0 unspecified atom stereocenters. The summed E-state index contributed by atoms with van der Waals surface area (Å²) in [4.78, 5) is 29.8. The van der Waals surface area contributed by atoms with Crippen LogP contribution >= 0.6 is 0 Å². The van der Waals surface area contributed by atoms with E-state index in [1.807, 2.05) is 35.2 Å². The van der Waals surface area contributed by atoms with Crippen molar-refractivity contribution in [3.05, 3.63) is 35.9 Å². The van der Waals surface area contributed by atoms with Gasteiger partial charge in [-0.05, 0) is 5.56 Å². The summed E-state index contributed by atoms with van der Waals surface area (Å²) in [5.74, 6) is -0.0436. The zero-order chi connectivity index (χ0) is 17.1. The summed E-state index contributed by atoms with van der Waals surface area (Å²) < 4.78 is 0. The van der Waals surface area contributed by atoms with Gasteiger partial charge in [-0.15, -0.1) is 0 Å². The minimum atomic E-state index is -0.505. The largest absolute Gasteiger partial charge is 0.387 e. The van der Waals surface area contributed by atoms with Crippen LogP contribution < -0.4 is 0 Å². The van der Waals surface area contributed by atoms with Crippen molar-refractivity contribution >= 4 is 11.8 Å². The molecule has 0 radical (unpaired) electrons. The molecule has 2 heterocycles. The molecule has 1 N–H and O–H groups in total. The average Bonchev–Trinajstić information content (AvgIpc) is 2.95. The van der Waals surface area contributed by atoms with Crippen LogP contribution in [0.4, 0.5) is 0 Å². The molecule has 6 heteroatoms. The van der Waals surface area contributed by atoms with E-state index in [0.717, 1.165) is 18.7 Å². The van der Waals surface area contributed by atoms with E-state index in [1.165, 1.54) is 0 Å². The maximum Gasteiger partial charge on any atom is 0.228 e. The van der Waals surface area contributed by atoms with Crippen molar-refractivity contribution in [2.75, 3.05) is 46.3 Å². The van der Waals surface area contributed by atoms with Crippen molar-refractivity contribution in [2.24, 2.45) is 5.92 Å². The Morgan fingerprint density at radius 3 is 2.46 bits per heavy atom. The highest BCUT2D eigenvalue weighted by molar-refractivity contribution is 5.89. The lowest BCUT2D eigenvalue weighted by Gasteiger charge is -2.36. The number of rotatable bonds is 4. The Balaban J connectivity index is 1.47. The van der Waals surface area contributed by atoms with Gasteiger partial charge in [-0.2, -0.15) is 0 Å². The number of carbonyl (C=O) groups is 2. The highest BCUT2D eigenvalue weighted by Crippen LogP contribution is 2.20. The summed E-state index contributed by atoms with van der Waals surface area (Å²) in [5, 5.41) is 10.3. The van der Waals surface area contributed by atoms with Crippen LogP contribution in [0.1, 0.15) is 18.1 Å². The van der Waals surface area contributed by atoms with Crippen molar-refractivity contribution in [3.8, 4) is 0 Å². The third-order valence-electron chi connectivity index (χ3n) is 4.99. The Bertz CT molecular complexity index is 584. The molecule has 2 saturated heterocycles. The van der Waals surface area contributed by atoms with Gasteiger partial charge >= 0.3 is 0 Å². The summed E-state index contributed by atoms with van der Waals surface area (Å²) >= 11 is 0. The quantitative estimate of drug-likeness (QED) is 0.864. The number of β-amino-alcohol motifs (C(OH)–C–C–N with tert-alkyl or cyclic N) is 1. The number of nitrogens with zero attached hydrogens (tertiary/aromatic N) is 3. The molecular formula is C18H25N3O3. The fourth-order valence-electron chi connectivity index (χ4n) is 3.46. The molecule has 130 valence electrons. The summed E-state index contributed by atoms with van der Waals surface area (Å²) in [6.45, 7) is 3.95. The van der Waals surface area contributed by atoms with Crippen LogP contribution in [0.3, 0.4) is 0 Å². The Morgan fingerprint density at radius 2 is 1.88 bits per heavy atom. The van der Waals surface area contributed by atoms with E-state index in [-0.39, 0.29) is 17.7 Å². The molecule has 3 rings (SSSR count). The van der Waals surface area contributed by atoms with Gasteiger partial charge in [0.05, 0.1) is 12.0 Å². The zero-order valence-corrected chi connectivity index (χ0v) is 14.1. The fourth-order valence-corrected chi connectivity index (χ4v) is 3.46. The molecule has 6 nitrogen and oxygen atoms in total. The molecular weight excluding hydrogens is 306 g/mol. The highest BCUT2D eigenvalue weighted by Gasteiger charge is 2.35. The number of aliphatic hydroxyl groups is 1. The SMILES string of the molecule is CN1C[C@H](C(=O)N2CCN(C[C@H](O)c3ccccc3)CC2)CC1=O. The van der Waals surface area contributed by atoms with Crippen LogP contribution in [0.2, 0.25) is 0 Å². The van der Waals surface area contributed by atoms with Crippen LogP contribution in [-0.4, -0.2) is 77.9 Å². The molecule has 2 atom stereocenters. The van der Waals surface area contributed by atoms with E-state index in [1.54, 1.807) is 11.9 Å². The molecule has 1 aromatic rings. The minimum Gasteiger partial charge on any atom is -0.387 e. The number of aliphatic hydroxyl groups excluding tert-OH is 1. The first-order chi connectivity index (χ1) is 11.5. The van der Waals surface area contributed by atoms with Gasteiger partial charge in [0, 0.05) is 52.7 Å². The topological polar surface area (TPSA) is 64.1 Å². The first-order valence-corrected chi connectivity index (χ1v) is 8.52. The van der Waals surface area contributed by atoms with Gasteiger partial charge in [0.1, 0.15) is 0 Å². The van der Waals surface area contributed by atoms with E-state index >= 15 is 0 Å². The van der Waals surface area contributed by atoms with Crippen molar-refractivity contribution in [1.29, 1.82) is 0 Å². The molecule has 2 aliphatic heterocycles. The molecule has 2 aliphatic rings. The standard InChI is InChI=1S/C18H25N3O3/c1-19-12-15(11-17(19)23)18(24)21-9-7-20(8-10-21)13-16(22)14-5-3-2-4-6-14/h2-6,15-16,22H,7-13H2,1H3/t15-,16+/m1/s1. The Labute approximate surface area is 142 Å². The van der Waals surface area contributed by atoms with Gasteiger partial charge in [-0.1, -0.05) is 30.3 Å². The number of amides is 2. The van der Waals surface area contributed by atoms with Crippen molar-refractivity contribution in [3.63, 3.8) is 0 Å². The Hall–Kier alpha value is -1.92. The summed E-state index contributed by atoms with van der Waals surface area (Å²) in [7, 11) is 1.75. The molecule has 0 bridgehead atoms. The number of carbonyl (C=O) groups excluding carboxylic acids is 2. The maximum absolute atomic E-state index is 12.5. The second-order valence-electron chi connectivity index (χ2n) is 6.73. The first-order valence-electron chi connectivity index (χ1n) is 8.52. The highest BCUT2D eigenvalue weighted by atomic mass is 16.3. The molecule has 0 aliphatic carbocycles. The van der Waals surface area contributed by atoms with Crippen LogP contribution in [0.5, 0.6) is 0 Å². The lowest BCUT2D eigenvalue weighted by molar-refractivity contribution is -0.137. The number of hydrogen-bond acceptors (Lipinski definition) is 4. The molecule has 24 heavy (non-hydrogen) atoms. The van der Waals surface area contributed by atoms with Crippen molar-refractivity contribution in [2.45, 2.75) is 12.5 Å². The number of likely N-dealkylation sites (tertiary alicyclic amines) is 1. The molecule has 2 amide bonds. The second-order valence-corrected chi connectivity index (χ2v) is 6.73. The third kappa shape index (κ3) is 3.76. The predicted octanol–water partition coefficient (Wildman–Crippen LogP) is 0.343. The van der Waals surface area contributed by atoms with Crippen molar-refractivity contribution < 1.29 is 14.7 Å². The normalized spacial score (nSPS) is 23.6. The number of piperazine rings is 1. The van der Waals surface area contributed by atoms with Gasteiger partial charge in [0.15, 0.2) is 0 Å². The maximum atomic E-state index is 12.5. The van der Waals surface area contributed by atoms with E-state index in [4.69, 9.17) is 0 Å². The molecule has 0 spiro atoms. The van der Waals surface area contributed by atoms with Gasteiger partial charge in [0.25, 0.3) is 0 Å². The number of benzene rings is 1. The fraction of sp³-hybridized carbons (Fsp3) is 0.556. The van der Waals surface area contributed by atoms with E-state index < -0.39 is 6.10 Å². The lowest BCUT2D eigenvalue weighted by atomic mass is 10.1. The third-order valence-corrected chi connectivity index (χ3v) is 4.99. The molecule has 1 aromatic carbocycles. The van der Waals surface area contributed by atoms with Gasteiger partial charge in [-0.3, -0.25) is 14.5 Å². The Morgan fingerprint density at radius 1 is 1.21 bits per heavy atom. The van der Waals surface area contributed by atoms with E-state index in [9.17, 15) is 14.7 Å². The van der Waals surface area contributed by atoms with Gasteiger partial charge < -0.3 is 14.9 Å². The van der Waals surface area contributed by atoms with Crippen LogP contribution in [0, 0.1) is 5.92 Å². The first kappa shape index (κ1) is 16.9. The minimum absolute atomic E-state index is 0.0537. The van der Waals surface area contributed by atoms with Crippen LogP contribution in [0.25, 0.3) is 0 Å². The number of hydrogen-bond donors (Lipinski definition) is 1. The second kappa shape index (κ2) is 7.32. The molecule has 2 fully saturated rings. The summed E-state index contributed by atoms with van der Waals surface area (Å²) in [5.41, 5.74) is 0.920. The van der Waals surface area contributed by atoms with Crippen molar-refractivity contribution in [1.82, 2.24) is 14.7 Å². The predicted molar refractivity (Wildman–Crippen MR) is 90.2 cm³/mol. The Kier molecular flexibility index (Phi) is 5.16. The molecule has 0 saturated carbocycles. The van der Waals surface area contributed by atoms with Crippen LogP contribution in [0.15, 0.2) is 30.3 Å². The molecule has 0 aromatic heterocycles. The van der Waals surface area contributed by atoms with Crippen LogP contribution in [-0.2, 0) is 9.59 Å². The monoisotopic (exact) mass is 331 g/mol. The zero-order valence-electron chi connectivity index (χ0n) is 14.1. The summed E-state index contributed by atoms with van der Waals surface area (Å²) in [6.07, 6.45) is -0.169.